The third-order valence-corrected chi connectivity index (χ3v) is 14.1. The molecule has 0 aliphatic carbocycles. The van der Waals surface area contributed by atoms with Crippen molar-refractivity contribution in [2.45, 2.75) is 270 Å². The molecule has 5 atom stereocenters. The monoisotopic (exact) mass is 1080 g/mol. The van der Waals surface area contributed by atoms with Gasteiger partial charge in [-0.25, -0.2) is 9.13 Å². The maximum atomic E-state index is 12.8. The topological polar surface area (TPSA) is 231 Å². The summed E-state index contributed by atoms with van der Waals surface area (Å²) < 4.78 is 60.4. The lowest BCUT2D eigenvalue weighted by molar-refractivity contribution is -0.161. The number of rotatable bonds is 55. The van der Waals surface area contributed by atoms with Crippen molar-refractivity contribution in [1.82, 2.24) is 0 Å². The van der Waals surface area contributed by atoms with Gasteiger partial charge in [0.1, 0.15) is 25.4 Å². The van der Waals surface area contributed by atoms with Crippen molar-refractivity contribution in [1.29, 1.82) is 0 Å². The lowest BCUT2D eigenvalue weighted by Gasteiger charge is -2.21. The van der Waals surface area contributed by atoms with E-state index in [0.717, 1.165) is 96.3 Å². The number of unbranched alkanes of at least 4 members (excludes halogenated alkanes) is 28. The molecule has 0 heterocycles. The van der Waals surface area contributed by atoms with E-state index in [1.807, 2.05) is 0 Å². The molecule has 0 aliphatic rings. The molecule has 0 rings (SSSR count). The van der Waals surface area contributed by atoms with Crippen LogP contribution in [0.2, 0.25) is 0 Å². The van der Waals surface area contributed by atoms with Crippen LogP contribution in [-0.2, 0) is 55.8 Å². The van der Waals surface area contributed by atoms with Crippen LogP contribution < -0.4 is 0 Å². The zero-order chi connectivity index (χ0) is 53.9. The molecule has 0 amide bonds. The number of allylic oxidation sites excluding steroid dienone is 4. The average Bonchev–Trinajstić information content (AvgIpc) is 3.36. The number of phosphoric acid groups is 2. The molecule has 0 spiro atoms. The van der Waals surface area contributed by atoms with Gasteiger partial charge in [-0.1, -0.05) is 193 Å². The van der Waals surface area contributed by atoms with Gasteiger partial charge in [0.05, 0.1) is 26.4 Å². The molecule has 0 radical (unpaired) electrons. The predicted octanol–water partition coefficient (Wildman–Crippen LogP) is 14.2. The number of carbonyl (C=O) groups is 3. The van der Waals surface area contributed by atoms with E-state index < -0.39 is 91.5 Å². The Hall–Kier alpha value is -1.97. The van der Waals surface area contributed by atoms with Crippen molar-refractivity contribution >= 4 is 33.6 Å². The van der Waals surface area contributed by atoms with Crippen LogP contribution in [-0.4, -0.2) is 95.9 Å². The fraction of sp³-hybridized carbons (Fsp3) is 0.873. The Morgan fingerprint density at radius 1 is 0.370 bits per heavy atom. The minimum Gasteiger partial charge on any atom is -0.463 e. The molecule has 16 nitrogen and oxygen atoms in total. The molecular formula is C55H104O16P2. The largest absolute Gasteiger partial charge is 0.472 e. The van der Waals surface area contributed by atoms with E-state index in [1.165, 1.54) is 96.3 Å². The number of hydrogen-bond acceptors (Lipinski definition) is 14. The van der Waals surface area contributed by atoms with Crippen LogP contribution in [0.4, 0.5) is 0 Å². The molecule has 0 saturated heterocycles. The molecule has 0 saturated carbocycles. The number of carbonyl (C=O) groups excluding carboxylic acids is 3. The third-order valence-electron chi connectivity index (χ3n) is 12.1. The summed E-state index contributed by atoms with van der Waals surface area (Å²) in [6.45, 7) is 2.58. The third kappa shape index (κ3) is 51.9. The number of ether oxygens (including phenoxy) is 3. The molecule has 0 aromatic rings. The minimum atomic E-state index is -4.90. The normalized spacial score (nSPS) is 14.8. The zero-order valence-corrected chi connectivity index (χ0v) is 47.6. The van der Waals surface area contributed by atoms with Gasteiger partial charge in [0.25, 0.3) is 0 Å². The van der Waals surface area contributed by atoms with Crippen LogP contribution in [0.15, 0.2) is 24.3 Å². The summed E-state index contributed by atoms with van der Waals surface area (Å²) in [5.41, 5.74) is 0. The molecule has 5 unspecified atom stereocenters. The summed E-state index contributed by atoms with van der Waals surface area (Å²) >= 11 is 0. The van der Waals surface area contributed by atoms with E-state index in [0.29, 0.717) is 19.3 Å². The van der Waals surface area contributed by atoms with Crippen molar-refractivity contribution in [2.75, 3.05) is 39.6 Å². The molecule has 0 aromatic carbocycles. The highest BCUT2D eigenvalue weighted by atomic mass is 31.2. The number of aliphatic hydroxyl groups excluding tert-OH is 2. The summed E-state index contributed by atoms with van der Waals surface area (Å²) in [6.07, 6.45) is 41.2. The molecule has 430 valence electrons. The maximum Gasteiger partial charge on any atom is 0.472 e. The fourth-order valence-electron chi connectivity index (χ4n) is 7.66. The van der Waals surface area contributed by atoms with Crippen molar-refractivity contribution in [2.24, 2.45) is 0 Å². The van der Waals surface area contributed by atoms with Crippen LogP contribution in [0.1, 0.15) is 252 Å². The lowest BCUT2D eigenvalue weighted by Crippen LogP contribution is -2.30. The first kappa shape index (κ1) is 71.0. The van der Waals surface area contributed by atoms with Gasteiger partial charge >= 0.3 is 33.6 Å². The Labute approximate surface area is 442 Å². The van der Waals surface area contributed by atoms with Crippen molar-refractivity contribution in [3.8, 4) is 0 Å². The van der Waals surface area contributed by atoms with Crippen LogP contribution >= 0.6 is 15.6 Å². The SMILES string of the molecule is CCCC/C=C\CCCCCCCC(=O)OC(COC(=O)CCCCCCCCCCCCCCC)COP(=O)(O)OCC(O)COP(=O)(O)OCC(O)COC(=O)CCCCCCC/C=C\CCCCCC. The first-order valence-corrected chi connectivity index (χ1v) is 31.6. The van der Waals surface area contributed by atoms with E-state index >= 15 is 0 Å². The summed E-state index contributed by atoms with van der Waals surface area (Å²) in [7, 11) is -9.73. The Morgan fingerprint density at radius 3 is 1.05 bits per heavy atom. The van der Waals surface area contributed by atoms with Gasteiger partial charge in [-0.05, 0) is 64.2 Å². The van der Waals surface area contributed by atoms with Crippen LogP contribution in [0.25, 0.3) is 0 Å². The second-order valence-corrected chi connectivity index (χ2v) is 22.4. The zero-order valence-electron chi connectivity index (χ0n) is 45.8. The van der Waals surface area contributed by atoms with E-state index in [-0.39, 0.29) is 19.3 Å². The summed E-state index contributed by atoms with van der Waals surface area (Å²) in [6, 6.07) is 0. The Morgan fingerprint density at radius 2 is 0.658 bits per heavy atom. The van der Waals surface area contributed by atoms with E-state index in [2.05, 4.69) is 45.1 Å². The predicted molar refractivity (Wildman–Crippen MR) is 289 cm³/mol. The number of hydrogen-bond donors (Lipinski definition) is 4. The van der Waals surface area contributed by atoms with Crippen LogP contribution in [0.5, 0.6) is 0 Å². The second kappa shape index (κ2) is 50.8. The van der Waals surface area contributed by atoms with E-state index in [4.69, 9.17) is 32.3 Å². The quantitative estimate of drug-likeness (QED) is 0.0146. The van der Waals surface area contributed by atoms with Gasteiger partial charge in [0, 0.05) is 19.3 Å². The van der Waals surface area contributed by atoms with E-state index in [1.54, 1.807) is 0 Å². The van der Waals surface area contributed by atoms with Gasteiger partial charge in [0.15, 0.2) is 6.10 Å². The Balaban J connectivity index is 4.67. The smallest absolute Gasteiger partial charge is 0.463 e. The molecule has 0 bridgehead atoms. The molecule has 4 N–H and O–H groups in total. The summed E-state index contributed by atoms with van der Waals surface area (Å²) in [4.78, 5) is 57.8. The van der Waals surface area contributed by atoms with Crippen LogP contribution in [0, 0.1) is 0 Å². The van der Waals surface area contributed by atoms with Gasteiger partial charge in [-0.2, -0.15) is 0 Å². The van der Waals surface area contributed by atoms with Crippen molar-refractivity contribution in [3.05, 3.63) is 24.3 Å². The van der Waals surface area contributed by atoms with Gasteiger partial charge in [-0.15, -0.1) is 0 Å². The molecule has 18 heteroatoms. The first-order valence-electron chi connectivity index (χ1n) is 28.6. The molecule has 0 aliphatic heterocycles. The Bertz CT molecular complexity index is 1460. The Kier molecular flexibility index (Phi) is 49.5. The molecule has 0 fully saturated rings. The molecule has 0 aromatic heterocycles. The standard InChI is InChI=1S/C55H104O16P2/c1-4-7-10-13-16-19-22-24-27-29-32-35-38-41-53(58)65-44-50(56)45-67-72(61,62)68-46-51(57)47-69-73(63,64)70-49-52(71-55(60)43-40-37-34-31-26-21-18-15-12-9-6-3)48-66-54(59)42-39-36-33-30-28-25-23-20-17-14-11-8-5-2/h15,18-19,22,50-52,56-57H,4-14,16-17,20-21,23-49H2,1-3H3,(H,61,62)(H,63,64)/b18-15-,22-19-. The maximum absolute atomic E-state index is 12.8. The van der Waals surface area contributed by atoms with Crippen LogP contribution in [0.3, 0.4) is 0 Å². The van der Waals surface area contributed by atoms with E-state index in [9.17, 15) is 43.5 Å². The van der Waals surface area contributed by atoms with Gasteiger partial charge in [0.2, 0.25) is 0 Å². The van der Waals surface area contributed by atoms with Crippen molar-refractivity contribution < 1.29 is 75.8 Å². The van der Waals surface area contributed by atoms with Crippen molar-refractivity contribution in [3.63, 3.8) is 0 Å². The van der Waals surface area contributed by atoms with Gasteiger partial charge < -0.3 is 34.2 Å². The number of esters is 3. The molecular weight excluding hydrogens is 979 g/mol. The summed E-state index contributed by atoms with van der Waals surface area (Å²) in [5, 5.41) is 20.4. The lowest BCUT2D eigenvalue weighted by atomic mass is 10.0. The molecule has 73 heavy (non-hydrogen) atoms. The highest BCUT2D eigenvalue weighted by molar-refractivity contribution is 7.47. The first-order chi connectivity index (χ1) is 35.2. The summed E-state index contributed by atoms with van der Waals surface area (Å²) in [5.74, 6) is -1.58. The fourth-order valence-corrected chi connectivity index (χ4v) is 9.25. The number of phosphoric ester groups is 2. The average molecular weight is 1080 g/mol. The van der Waals surface area contributed by atoms with Gasteiger partial charge in [-0.3, -0.25) is 32.5 Å². The number of aliphatic hydroxyl groups is 2. The highest BCUT2D eigenvalue weighted by Crippen LogP contribution is 2.45. The highest BCUT2D eigenvalue weighted by Gasteiger charge is 2.29. The minimum absolute atomic E-state index is 0.100. The second-order valence-electron chi connectivity index (χ2n) is 19.4.